The van der Waals surface area contributed by atoms with Gasteiger partial charge in [-0.05, 0) is 20.8 Å². The van der Waals surface area contributed by atoms with Crippen LogP contribution in [0.1, 0.15) is 20.8 Å². The average molecular weight is 186 g/mol. The Morgan fingerprint density at radius 2 is 1.85 bits per heavy atom. The SMILES string of the molecule is CC1OC(C=O)[C@@H]2OC(C)(C)O[C@H]12. The molecule has 0 radical (unpaired) electrons. The van der Waals surface area contributed by atoms with E-state index in [0.29, 0.717) is 0 Å². The largest absolute Gasteiger partial charge is 0.362 e. The first-order valence-electron chi connectivity index (χ1n) is 4.50. The molecule has 0 aliphatic carbocycles. The molecular weight excluding hydrogens is 172 g/mol. The van der Waals surface area contributed by atoms with Gasteiger partial charge in [0.2, 0.25) is 0 Å². The summed E-state index contributed by atoms with van der Waals surface area (Å²) in [4.78, 5) is 10.6. The molecule has 4 atom stereocenters. The molecule has 2 fully saturated rings. The fourth-order valence-corrected chi connectivity index (χ4v) is 1.95. The topological polar surface area (TPSA) is 44.8 Å². The number of fused-ring (bicyclic) bond motifs is 1. The molecule has 0 aromatic heterocycles. The second kappa shape index (κ2) is 2.77. The van der Waals surface area contributed by atoms with Crippen LogP contribution in [0.15, 0.2) is 0 Å². The van der Waals surface area contributed by atoms with Crippen LogP contribution in [0, 0.1) is 0 Å². The minimum absolute atomic E-state index is 0.0676. The predicted octanol–water partition coefficient (Wildman–Crippen LogP) is 0.493. The standard InChI is InChI=1S/C9H14O4/c1-5-7-8(6(4-10)11-5)13-9(2,3)12-7/h4-8H,1-3H3/t5?,6?,7-,8+/m1/s1. The van der Waals surface area contributed by atoms with E-state index in [1.54, 1.807) is 0 Å². The zero-order chi connectivity index (χ0) is 9.64. The van der Waals surface area contributed by atoms with Crippen LogP contribution in [0.25, 0.3) is 0 Å². The summed E-state index contributed by atoms with van der Waals surface area (Å²) in [5, 5.41) is 0. The van der Waals surface area contributed by atoms with Gasteiger partial charge in [-0.3, -0.25) is 0 Å². The number of aldehydes is 1. The number of rotatable bonds is 1. The number of hydrogen-bond donors (Lipinski definition) is 0. The van der Waals surface area contributed by atoms with E-state index in [1.807, 2.05) is 20.8 Å². The molecule has 4 heteroatoms. The molecule has 0 bridgehead atoms. The van der Waals surface area contributed by atoms with Crippen LogP contribution in [0.2, 0.25) is 0 Å². The second-order valence-corrected chi connectivity index (χ2v) is 4.01. The van der Waals surface area contributed by atoms with Gasteiger partial charge in [-0.25, -0.2) is 0 Å². The third kappa shape index (κ3) is 1.39. The van der Waals surface area contributed by atoms with Gasteiger partial charge in [0.05, 0.1) is 6.10 Å². The molecule has 0 spiro atoms. The first-order chi connectivity index (χ1) is 6.03. The normalized spacial score (nSPS) is 47.6. The molecular formula is C9H14O4. The van der Waals surface area contributed by atoms with Gasteiger partial charge in [-0.1, -0.05) is 0 Å². The van der Waals surface area contributed by atoms with Crippen LogP contribution >= 0.6 is 0 Å². The maximum absolute atomic E-state index is 10.6. The highest BCUT2D eigenvalue weighted by Crippen LogP contribution is 2.37. The lowest BCUT2D eigenvalue weighted by atomic mass is 10.1. The summed E-state index contributed by atoms with van der Waals surface area (Å²) in [6.07, 6.45) is -0.0946. The van der Waals surface area contributed by atoms with Gasteiger partial charge in [0.1, 0.15) is 18.3 Å². The molecule has 0 N–H and O–H groups in total. The van der Waals surface area contributed by atoms with E-state index in [2.05, 4.69) is 0 Å². The van der Waals surface area contributed by atoms with Crippen LogP contribution < -0.4 is 0 Å². The highest BCUT2D eigenvalue weighted by molar-refractivity contribution is 5.58. The van der Waals surface area contributed by atoms with Crippen molar-refractivity contribution in [1.82, 2.24) is 0 Å². The van der Waals surface area contributed by atoms with Gasteiger partial charge in [-0.15, -0.1) is 0 Å². The monoisotopic (exact) mass is 186 g/mol. The first kappa shape index (κ1) is 9.12. The number of hydrogen-bond acceptors (Lipinski definition) is 4. The van der Waals surface area contributed by atoms with Crippen molar-refractivity contribution in [1.29, 1.82) is 0 Å². The van der Waals surface area contributed by atoms with Crippen LogP contribution in [0.3, 0.4) is 0 Å². The average Bonchev–Trinajstić information content (AvgIpc) is 2.47. The van der Waals surface area contributed by atoms with Crippen LogP contribution in [0.4, 0.5) is 0 Å². The Labute approximate surface area is 77.1 Å². The molecule has 2 unspecified atom stereocenters. The Bertz CT molecular complexity index is 226. The Hall–Kier alpha value is -0.450. The molecule has 0 aromatic carbocycles. The Kier molecular flexibility index (Phi) is 1.94. The molecule has 2 aliphatic heterocycles. The molecule has 13 heavy (non-hydrogen) atoms. The molecule has 0 aromatic rings. The zero-order valence-corrected chi connectivity index (χ0v) is 8.02. The molecule has 2 rings (SSSR count). The van der Waals surface area contributed by atoms with Gasteiger partial charge in [-0.2, -0.15) is 0 Å². The van der Waals surface area contributed by atoms with E-state index < -0.39 is 11.9 Å². The van der Waals surface area contributed by atoms with E-state index in [9.17, 15) is 4.79 Å². The fraction of sp³-hybridized carbons (Fsp3) is 0.889. The van der Waals surface area contributed by atoms with Crippen molar-refractivity contribution in [2.75, 3.05) is 0 Å². The summed E-state index contributed by atoms with van der Waals surface area (Å²) in [7, 11) is 0. The van der Waals surface area contributed by atoms with Crippen molar-refractivity contribution in [3.8, 4) is 0 Å². The summed E-state index contributed by atoms with van der Waals surface area (Å²) >= 11 is 0. The predicted molar refractivity (Wildman–Crippen MR) is 44.2 cm³/mol. The third-order valence-corrected chi connectivity index (χ3v) is 2.46. The second-order valence-electron chi connectivity index (χ2n) is 4.01. The Morgan fingerprint density at radius 3 is 2.46 bits per heavy atom. The molecule has 0 saturated carbocycles. The van der Waals surface area contributed by atoms with Crippen molar-refractivity contribution in [3.63, 3.8) is 0 Å². The summed E-state index contributed by atoms with van der Waals surface area (Å²) < 4.78 is 16.5. The van der Waals surface area contributed by atoms with Gasteiger partial charge >= 0.3 is 0 Å². The number of carbonyl (C=O) groups excluding carboxylic acids is 1. The molecule has 2 aliphatic rings. The molecule has 2 saturated heterocycles. The third-order valence-electron chi connectivity index (χ3n) is 2.46. The van der Waals surface area contributed by atoms with Gasteiger partial charge in [0, 0.05) is 0 Å². The summed E-state index contributed by atoms with van der Waals surface area (Å²) in [5.74, 6) is -0.589. The summed E-state index contributed by atoms with van der Waals surface area (Å²) in [6.45, 7) is 5.59. The lowest BCUT2D eigenvalue weighted by Gasteiger charge is -2.21. The molecule has 0 amide bonds. The van der Waals surface area contributed by atoms with Crippen molar-refractivity contribution in [2.45, 2.75) is 51.0 Å². The van der Waals surface area contributed by atoms with E-state index in [0.717, 1.165) is 6.29 Å². The summed E-state index contributed by atoms with van der Waals surface area (Å²) in [5.41, 5.74) is 0. The smallest absolute Gasteiger partial charge is 0.164 e. The zero-order valence-electron chi connectivity index (χ0n) is 8.02. The lowest BCUT2D eigenvalue weighted by molar-refractivity contribution is -0.183. The number of carbonyl (C=O) groups is 1. The summed E-state index contributed by atoms with van der Waals surface area (Å²) in [6, 6.07) is 0. The van der Waals surface area contributed by atoms with E-state index >= 15 is 0 Å². The van der Waals surface area contributed by atoms with Crippen molar-refractivity contribution < 1.29 is 19.0 Å². The molecule has 74 valence electrons. The van der Waals surface area contributed by atoms with Crippen molar-refractivity contribution >= 4 is 6.29 Å². The highest BCUT2D eigenvalue weighted by Gasteiger charge is 2.53. The van der Waals surface area contributed by atoms with E-state index in [1.165, 1.54) is 0 Å². The van der Waals surface area contributed by atoms with Crippen molar-refractivity contribution in [2.24, 2.45) is 0 Å². The Morgan fingerprint density at radius 1 is 1.23 bits per heavy atom. The van der Waals surface area contributed by atoms with Gasteiger partial charge in [0.25, 0.3) is 0 Å². The highest BCUT2D eigenvalue weighted by atomic mass is 16.8. The fourth-order valence-electron chi connectivity index (χ4n) is 1.95. The Balaban J connectivity index is 2.17. The molecule has 2 heterocycles. The van der Waals surface area contributed by atoms with Crippen LogP contribution in [-0.2, 0) is 19.0 Å². The van der Waals surface area contributed by atoms with E-state index in [-0.39, 0.29) is 18.3 Å². The minimum Gasteiger partial charge on any atom is -0.362 e. The van der Waals surface area contributed by atoms with Gasteiger partial charge < -0.3 is 19.0 Å². The lowest BCUT2D eigenvalue weighted by Crippen LogP contribution is -2.30. The first-order valence-corrected chi connectivity index (χ1v) is 4.50. The minimum atomic E-state index is -0.589. The maximum Gasteiger partial charge on any atom is 0.164 e. The molecule has 4 nitrogen and oxygen atoms in total. The van der Waals surface area contributed by atoms with Crippen molar-refractivity contribution in [3.05, 3.63) is 0 Å². The van der Waals surface area contributed by atoms with Gasteiger partial charge in [0.15, 0.2) is 12.1 Å². The van der Waals surface area contributed by atoms with Crippen LogP contribution in [-0.4, -0.2) is 36.5 Å². The quantitative estimate of drug-likeness (QED) is 0.559. The number of ether oxygens (including phenoxy) is 3. The van der Waals surface area contributed by atoms with E-state index in [4.69, 9.17) is 14.2 Å². The van der Waals surface area contributed by atoms with Crippen LogP contribution in [0.5, 0.6) is 0 Å². The maximum atomic E-state index is 10.6.